The minimum absolute atomic E-state index is 0.0334. The number of ether oxygens (including phenoxy) is 1. The zero-order chi connectivity index (χ0) is 17.6. The van der Waals surface area contributed by atoms with Gasteiger partial charge in [0, 0.05) is 12.7 Å². The lowest BCUT2D eigenvalue weighted by atomic mass is 10.1. The number of likely N-dealkylation sites (tertiary alicyclic amines) is 1. The molecule has 0 radical (unpaired) electrons. The maximum atomic E-state index is 13.0. The van der Waals surface area contributed by atoms with Gasteiger partial charge >= 0.3 is 0 Å². The maximum absolute atomic E-state index is 13.0. The Bertz CT molecular complexity index is 809. The zero-order valence-electron chi connectivity index (χ0n) is 15.1. The molecule has 2 aliphatic heterocycles. The van der Waals surface area contributed by atoms with Crippen LogP contribution in [0.1, 0.15) is 34.6 Å². The van der Waals surface area contributed by atoms with Crippen molar-refractivity contribution < 1.29 is 9.53 Å². The van der Waals surface area contributed by atoms with E-state index in [9.17, 15) is 4.79 Å². The van der Waals surface area contributed by atoms with E-state index in [1.165, 1.54) is 12.8 Å². The molecular weight excluding hydrogens is 318 g/mol. The molecule has 2 atom stereocenters. The van der Waals surface area contributed by atoms with Crippen LogP contribution in [0.15, 0.2) is 6.07 Å². The summed E-state index contributed by atoms with van der Waals surface area (Å²) < 4.78 is 7.41. The summed E-state index contributed by atoms with van der Waals surface area (Å²) in [6.07, 6.45) is 2.46. The molecule has 2 fully saturated rings. The molecule has 0 saturated carbocycles. The summed E-state index contributed by atoms with van der Waals surface area (Å²) >= 11 is 0. The van der Waals surface area contributed by atoms with Gasteiger partial charge in [0.25, 0.3) is 5.91 Å². The van der Waals surface area contributed by atoms with Crippen LogP contribution in [-0.4, -0.2) is 64.0 Å². The quantitative estimate of drug-likeness (QED) is 0.906. The fraction of sp³-hybridized carbons (Fsp3) is 0.611. The Morgan fingerprint density at radius 2 is 2.04 bits per heavy atom. The van der Waals surface area contributed by atoms with E-state index in [4.69, 9.17) is 4.74 Å². The number of carbonyl (C=O) groups excluding carboxylic acids is 1. The third-order valence-electron chi connectivity index (χ3n) is 5.32. The van der Waals surface area contributed by atoms with Crippen molar-refractivity contribution in [3.05, 3.63) is 23.0 Å². The van der Waals surface area contributed by atoms with Crippen molar-refractivity contribution >= 4 is 16.9 Å². The highest BCUT2D eigenvalue weighted by atomic mass is 16.5. The molecule has 25 heavy (non-hydrogen) atoms. The number of hydrogen-bond acceptors (Lipinski definition) is 5. The molecule has 7 heteroatoms. The smallest absolute Gasteiger partial charge is 0.252 e. The van der Waals surface area contributed by atoms with Crippen LogP contribution >= 0.6 is 0 Å². The molecule has 4 heterocycles. The first kappa shape index (κ1) is 16.5. The normalized spacial score (nSPS) is 24.3. The van der Waals surface area contributed by atoms with Gasteiger partial charge in [0.15, 0.2) is 5.65 Å². The fourth-order valence-electron chi connectivity index (χ4n) is 4.11. The fourth-order valence-corrected chi connectivity index (χ4v) is 4.11. The third-order valence-corrected chi connectivity index (χ3v) is 5.32. The number of amides is 1. The SMILES string of the molecule is Cc1cc(C(=O)N[C@H]2COC[C@@H]2N2CCCC2)c2c(C)nn(C)c2n1. The Morgan fingerprint density at radius 3 is 2.80 bits per heavy atom. The molecule has 0 aromatic carbocycles. The van der Waals surface area contributed by atoms with Crippen molar-refractivity contribution in [2.24, 2.45) is 7.05 Å². The van der Waals surface area contributed by atoms with E-state index in [2.05, 4.69) is 20.3 Å². The molecule has 2 aliphatic rings. The van der Waals surface area contributed by atoms with Crippen molar-refractivity contribution in [1.82, 2.24) is 25.0 Å². The predicted octanol–water partition coefficient (Wildman–Crippen LogP) is 1.18. The van der Waals surface area contributed by atoms with Gasteiger partial charge in [-0.05, 0) is 45.8 Å². The molecule has 4 rings (SSSR count). The first-order valence-corrected chi connectivity index (χ1v) is 8.98. The summed E-state index contributed by atoms with van der Waals surface area (Å²) in [4.78, 5) is 20.0. The number of carbonyl (C=O) groups is 1. The van der Waals surface area contributed by atoms with E-state index in [0.717, 1.165) is 35.5 Å². The maximum Gasteiger partial charge on any atom is 0.252 e. The minimum Gasteiger partial charge on any atom is -0.378 e. The van der Waals surface area contributed by atoms with Gasteiger partial charge in [0.1, 0.15) is 0 Å². The number of fused-ring (bicyclic) bond motifs is 1. The van der Waals surface area contributed by atoms with E-state index in [0.29, 0.717) is 18.8 Å². The molecule has 2 aromatic rings. The minimum atomic E-state index is -0.0636. The molecule has 0 spiro atoms. The van der Waals surface area contributed by atoms with Crippen molar-refractivity contribution in [3.63, 3.8) is 0 Å². The van der Waals surface area contributed by atoms with Gasteiger partial charge in [-0.3, -0.25) is 14.4 Å². The lowest BCUT2D eigenvalue weighted by Gasteiger charge is -2.28. The summed E-state index contributed by atoms with van der Waals surface area (Å²) in [5.41, 5.74) is 3.05. The van der Waals surface area contributed by atoms with Gasteiger partial charge in [0.2, 0.25) is 0 Å². The second-order valence-electron chi connectivity index (χ2n) is 7.15. The number of nitrogens with zero attached hydrogens (tertiary/aromatic N) is 4. The summed E-state index contributed by atoms with van der Waals surface area (Å²) in [6.45, 7) is 7.29. The topological polar surface area (TPSA) is 72.3 Å². The average Bonchev–Trinajstić information content (AvgIpc) is 3.28. The monoisotopic (exact) mass is 343 g/mol. The van der Waals surface area contributed by atoms with E-state index >= 15 is 0 Å². The number of aromatic nitrogens is 3. The molecule has 7 nitrogen and oxygen atoms in total. The highest BCUT2D eigenvalue weighted by Gasteiger charge is 2.35. The molecule has 0 aliphatic carbocycles. The van der Waals surface area contributed by atoms with E-state index in [1.807, 2.05) is 27.0 Å². The van der Waals surface area contributed by atoms with Crippen LogP contribution in [0.4, 0.5) is 0 Å². The van der Waals surface area contributed by atoms with Crippen LogP contribution in [0.2, 0.25) is 0 Å². The van der Waals surface area contributed by atoms with Crippen LogP contribution in [0.5, 0.6) is 0 Å². The van der Waals surface area contributed by atoms with E-state index in [-0.39, 0.29) is 18.0 Å². The van der Waals surface area contributed by atoms with Crippen molar-refractivity contribution in [3.8, 4) is 0 Å². The molecule has 134 valence electrons. The van der Waals surface area contributed by atoms with Gasteiger partial charge in [-0.15, -0.1) is 0 Å². The predicted molar refractivity (Wildman–Crippen MR) is 94.7 cm³/mol. The van der Waals surface area contributed by atoms with Gasteiger partial charge < -0.3 is 10.1 Å². The molecular formula is C18H25N5O2. The second kappa shape index (κ2) is 6.38. The molecule has 2 saturated heterocycles. The van der Waals surface area contributed by atoms with Crippen LogP contribution in [0.3, 0.4) is 0 Å². The molecule has 0 bridgehead atoms. The molecule has 1 N–H and O–H groups in total. The first-order chi connectivity index (χ1) is 12.0. The van der Waals surface area contributed by atoms with Crippen molar-refractivity contribution in [1.29, 1.82) is 0 Å². The standard InChI is InChI=1S/C18H25N5O2/c1-11-8-13(16-12(2)21-22(3)17(16)19-11)18(24)20-14-9-25-10-15(14)23-6-4-5-7-23/h8,14-15H,4-7,9-10H2,1-3H3,(H,20,24)/t14-,15-/m0/s1. The summed E-state index contributed by atoms with van der Waals surface area (Å²) in [5, 5.41) is 8.47. The van der Waals surface area contributed by atoms with Crippen LogP contribution in [0.25, 0.3) is 11.0 Å². The molecule has 2 aromatic heterocycles. The number of aryl methyl sites for hydroxylation is 3. The highest BCUT2D eigenvalue weighted by molar-refractivity contribution is 6.06. The summed E-state index contributed by atoms with van der Waals surface area (Å²) in [5.74, 6) is -0.0636. The first-order valence-electron chi connectivity index (χ1n) is 8.98. The van der Waals surface area contributed by atoms with Crippen LogP contribution < -0.4 is 5.32 Å². The van der Waals surface area contributed by atoms with Crippen LogP contribution in [0, 0.1) is 13.8 Å². The zero-order valence-corrected chi connectivity index (χ0v) is 15.1. The number of pyridine rings is 1. The Labute approximate surface area is 147 Å². The number of hydrogen-bond donors (Lipinski definition) is 1. The number of nitrogens with one attached hydrogen (secondary N) is 1. The summed E-state index contributed by atoms with van der Waals surface area (Å²) in [7, 11) is 1.86. The average molecular weight is 343 g/mol. The van der Waals surface area contributed by atoms with E-state index in [1.54, 1.807) is 4.68 Å². The van der Waals surface area contributed by atoms with E-state index < -0.39 is 0 Å². The third kappa shape index (κ3) is 2.91. The van der Waals surface area contributed by atoms with Gasteiger partial charge in [-0.25, -0.2) is 4.98 Å². The van der Waals surface area contributed by atoms with Crippen LogP contribution in [-0.2, 0) is 11.8 Å². The second-order valence-corrected chi connectivity index (χ2v) is 7.15. The number of rotatable bonds is 3. The van der Waals surface area contributed by atoms with Gasteiger partial charge in [-0.1, -0.05) is 0 Å². The Morgan fingerprint density at radius 1 is 1.28 bits per heavy atom. The summed E-state index contributed by atoms with van der Waals surface area (Å²) in [6, 6.07) is 2.17. The highest BCUT2D eigenvalue weighted by Crippen LogP contribution is 2.23. The van der Waals surface area contributed by atoms with Gasteiger partial charge in [0.05, 0.1) is 41.9 Å². The van der Waals surface area contributed by atoms with Crippen molar-refractivity contribution in [2.45, 2.75) is 38.8 Å². The molecule has 1 amide bonds. The Balaban J connectivity index is 1.62. The lowest BCUT2D eigenvalue weighted by molar-refractivity contribution is 0.0918. The van der Waals surface area contributed by atoms with Gasteiger partial charge in [-0.2, -0.15) is 5.10 Å². The van der Waals surface area contributed by atoms with Crippen molar-refractivity contribution in [2.75, 3.05) is 26.3 Å². The molecule has 0 unspecified atom stereocenters. The Hall–Kier alpha value is -1.99. The Kier molecular flexibility index (Phi) is 4.21. The lowest BCUT2D eigenvalue weighted by Crippen LogP contribution is -2.50. The largest absolute Gasteiger partial charge is 0.378 e.